The predicted octanol–water partition coefficient (Wildman–Crippen LogP) is 2.14. The van der Waals surface area contributed by atoms with Crippen LogP contribution in [0.5, 0.6) is 17.2 Å². The number of carboxylic acid groups (broad SMARTS) is 3. The number of aromatic nitrogens is 3. The number of pyridine rings is 3. The fraction of sp³-hybridized carbons (Fsp3) is 0.290. The summed E-state index contributed by atoms with van der Waals surface area (Å²) in [5.41, 5.74) is 10.9. The van der Waals surface area contributed by atoms with Crippen LogP contribution in [0.3, 0.4) is 0 Å². The van der Waals surface area contributed by atoms with Gasteiger partial charge in [-0.3, -0.25) is 62.7 Å². The van der Waals surface area contributed by atoms with Gasteiger partial charge < -0.3 is 45.9 Å². The fourth-order valence-electron chi connectivity index (χ4n) is 8.75. The number of nitrogens with two attached hydrogens (primary N) is 1. The Balaban J connectivity index is 1.26. The Morgan fingerprint density at radius 3 is 0.967 bits per heavy atom. The van der Waals surface area contributed by atoms with Crippen LogP contribution in [-0.2, 0) is 83.5 Å². The average molecular weight is 1270 g/mol. The highest BCUT2D eigenvalue weighted by atomic mass is 32.2. The molecule has 1 aliphatic rings. The van der Waals surface area contributed by atoms with E-state index >= 15 is 0 Å². The van der Waals surface area contributed by atoms with Gasteiger partial charge >= 0.3 is 17.9 Å². The topological polar surface area (TPSA) is 381 Å². The molecule has 26 nitrogen and oxygen atoms in total. The molecule has 3 aromatic heterocycles. The molecule has 0 unspecified atom stereocenters. The van der Waals surface area contributed by atoms with Crippen molar-refractivity contribution in [2.75, 3.05) is 70.6 Å². The van der Waals surface area contributed by atoms with Crippen molar-refractivity contribution in [3.8, 4) is 52.8 Å². The lowest BCUT2D eigenvalue weighted by Gasteiger charge is -2.24. The summed E-state index contributed by atoms with van der Waals surface area (Å²) in [7, 11) is -8.54. The summed E-state index contributed by atoms with van der Waals surface area (Å²) in [6, 6.07) is 30.1. The molecule has 0 radical (unpaired) electrons. The maximum Gasteiger partial charge on any atom is 0.317 e. The lowest BCUT2D eigenvalue weighted by molar-refractivity contribution is -0.139. The minimum Gasteiger partial charge on any atom is -0.494 e. The van der Waals surface area contributed by atoms with Gasteiger partial charge in [-0.15, -0.1) is 0 Å². The molecule has 9 N–H and O–H groups in total. The molecule has 90 heavy (non-hydrogen) atoms. The van der Waals surface area contributed by atoms with Crippen molar-refractivity contribution in [2.45, 2.75) is 45.7 Å². The molecular weight excluding hydrogens is 1210 g/mol. The summed E-state index contributed by atoms with van der Waals surface area (Å²) < 4.78 is 78.7. The number of fused-ring (bicyclic) bond motifs is 6. The summed E-state index contributed by atoms with van der Waals surface area (Å²) >= 11 is 0. The van der Waals surface area contributed by atoms with E-state index in [-0.39, 0.29) is 52.4 Å². The van der Waals surface area contributed by atoms with Crippen LogP contribution in [0.4, 0.5) is 0 Å². The van der Waals surface area contributed by atoms with E-state index in [0.29, 0.717) is 104 Å². The molecule has 0 saturated carbocycles. The number of nitrogens with zero attached hydrogens (tertiary/aromatic N) is 6. The van der Waals surface area contributed by atoms with Gasteiger partial charge in [-0.25, -0.2) is 0 Å². The number of carbonyl (C=O) groups is 5. The molecule has 0 atom stereocenters. The second-order valence-corrected chi connectivity index (χ2v) is 23.4. The Labute approximate surface area is 518 Å². The van der Waals surface area contributed by atoms with Gasteiger partial charge in [-0.2, -0.15) is 16.8 Å². The molecule has 0 fully saturated rings. The van der Waals surface area contributed by atoms with E-state index in [1.54, 1.807) is 124 Å². The lowest BCUT2D eigenvalue weighted by atomic mass is 10.1. The Morgan fingerprint density at radius 2 is 0.711 bits per heavy atom. The average Bonchev–Trinajstić information content (AvgIpc) is 2.02. The van der Waals surface area contributed by atoms with Gasteiger partial charge in [0, 0.05) is 85.7 Å². The van der Waals surface area contributed by atoms with Gasteiger partial charge in [0.15, 0.2) is 13.2 Å². The quantitative estimate of drug-likeness (QED) is 0.0274. The molecule has 28 heteroatoms. The number of carbonyl (C=O) groups excluding carboxylic acids is 2. The molecule has 3 aromatic carbocycles. The van der Waals surface area contributed by atoms with Crippen LogP contribution in [0.2, 0.25) is 0 Å². The standard InChI is InChI=1S/C62H63N9O17S2/c63-20-1-23-86-55-14-8-43(9-15-55)2-5-46-26-49-32-69(38-60(74)75)34-51-28-47(6-3-44-10-16-56(17-11-44)87-41-58(72)64-21-24-89(80,81)82)30-53(67-51)36-71(40-62(78)79)37-54-31-48(29-52(68-54)35-70(39-61(76)77)33-50(27-46)66-49)7-4-45-12-18-57(19-13-45)88-42-59(73)65-22-25-90(83,84)85/h8-19,26-31H,1,20-25,32-42,63H2,(H,64,72)(H,65,73)(H,74,75)(H,76,77)(H,78,79)(H,80,81,82)(H,83,84,85). The third-order valence-electron chi connectivity index (χ3n) is 12.5. The zero-order valence-electron chi connectivity index (χ0n) is 48.3. The van der Waals surface area contributed by atoms with Crippen LogP contribution in [0, 0.1) is 35.5 Å². The van der Waals surface area contributed by atoms with Crippen molar-refractivity contribution in [3.05, 3.63) is 177 Å². The van der Waals surface area contributed by atoms with E-state index in [1.807, 2.05) is 0 Å². The maximum absolute atomic E-state index is 12.6. The highest BCUT2D eigenvalue weighted by molar-refractivity contribution is 7.86. The number of ether oxygens (including phenoxy) is 3. The highest BCUT2D eigenvalue weighted by Crippen LogP contribution is 2.21. The van der Waals surface area contributed by atoms with Crippen LogP contribution in [0.1, 0.15) is 74.0 Å². The van der Waals surface area contributed by atoms with Crippen molar-refractivity contribution in [1.29, 1.82) is 0 Å². The van der Waals surface area contributed by atoms with Gasteiger partial charge in [-0.1, -0.05) is 35.5 Å². The second kappa shape index (κ2) is 33.0. The first-order valence-corrected chi connectivity index (χ1v) is 30.9. The van der Waals surface area contributed by atoms with E-state index in [4.69, 9.17) is 44.0 Å². The van der Waals surface area contributed by atoms with Gasteiger partial charge in [0.1, 0.15) is 17.2 Å². The number of hydrogen-bond donors (Lipinski definition) is 8. The van der Waals surface area contributed by atoms with E-state index < -0.39 is 94.3 Å². The maximum atomic E-state index is 12.6. The zero-order chi connectivity index (χ0) is 64.6. The second-order valence-electron chi connectivity index (χ2n) is 20.3. The predicted molar refractivity (Wildman–Crippen MR) is 324 cm³/mol. The third kappa shape index (κ3) is 25.1. The van der Waals surface area contributed by atoms with Gasteiger partial charge in [0.2, 0.25) is 0 Å². The van der Waals surface area contributed by atoms with Crippen LogP contribution in [0.25, 0.3) is 0 Å². The van der Waals surface area contributed by atoms with Gasteiger partial charge in [0.05, 0.1) is 71.9 Å². The number of aliphatic carboxylic acids is 3. The lowest BCUT2D eigenvalue weighted by Crippen LogP contribution is -2.32. The van der Waals surface area contributed by atoms with E-state index in [0.717, 1.165) is 0 Å². The molecule has 0 aliphatic carbocycles. The minimum absolute atomic E-state index is 0.0538. The molecule has 0 spiro atoms. The molecule has 1 aliphatic heterocycles. The fourth-order valence-corrected chi connectivity index (χ4v) is 9.47. The third-order valence-corrected chi connectivity index (χ3v) is 14.0. The van der Waals surface area contributed by atoms with E-state index in [2.05, 4.69) is 46.2 Å². The SMILES string of the molecule is NCCCOc1ccc(C#Cc2cc3nc(c2)CN(CC(=O)O)Cc2cc(C#Cc4ccc(OCC(=O)NCCS(=O)(=O)O)cc4)cc(n2)CN(CC(=O)O)Cc2cc(C#Cc4ccc(OCC(=O)NCCS(=O)(=O)O)cc4)cc(n2)CN(CC(=O)O)C3)cc1. The number of nitrogens with one attached hydrogen (secondary N) is 2. The Morgan fingerprint density at radius 1 is 0.444 bits per heavy atom. The van der Waals surface area contributed by atoms with E-state index in [9.17, 15) is 56.1 Å². The molecule has 6 aromatic rings. The van der Waals surface area contributed by atoms with Crippen molar-refractivity contribution < 1.29 is 79.4 Å². The van der Waals surface area contributed by atoms with Crippen molar-refractivity contribution in [2.24, 2.45) is 5.73 Å². The van der Waals surface area contributed by atoms with Gasteiger partial charge in [-0.05, 0) is 122 Å². The summed E-state index contributed by atoms with van der Waals surface area (Å²) in [6.45, 7) is -2.44. The molecule has 6 bridgehead atoms. The number of hydrogen-bond acceptors (Lipinski definition) is 19. The molecule has 0 saturated heterocycles. The molecule has 7 rings (SSSR count). The number of carboxylic acids is 3. The molecular formula is C62H63N9O17S2. The highest BCUT2D eigenvalue weighted by Gasteiger charge is 2.21. The monoisotopic (exact) mass is 1270 g/mol. The Kier molecular flexibility index (Phi) is 24.8. The number of benzene rings is 3. The summed E-state index contributed by atoms with van der Waals surface area (Å²) in [4.78, 5) is 81.8. The van der Waals surface area contributed by atoms with E-state index in [1.165, 1.54) is 0 Å². The summed E-state index contributed by atoms with van der Waals surface area (Å²) in [5.74, 6) is 14.0. The normalized spacial score (nSPS) is 13.0. The largest absolute Gasteiger partial charge is 0.494 e. The first-order valence-electron chi connectivity index (χ1n) is 27.6. The van der Waals surface area contributed by atoms with Crippen LogP contribution < -0.4 is 30.6 Å². The first kappa shape index (κ1) is 67.7. The summed E-state index contributed by atoms with van der Waals surface area (Å²) in [6.07, 6.45) is 0.681. The Bertz CT molecular complexity index is 3780. The van der Waals surface area contributed by atoms with Crippen LogP contribution in [-0.4, -0.2) is 171 Å². The first-order chi connectivity index (χ1) is 42.9. The Hall–Kier alpha value is -9.80. The van der Waals surface area contributed by atoms with Crippen LogP contribution >= 0.6 is 0 Å². The van der Waals surface area contributed by atoms with Crippen molar-refractivity contribution in [3.63, 3.8) is 0 Å². The van der Waals surface area contributed by atoms with Gasteiger partial charge in [0.25, 0.3) is 32.1 Å². The summed E-state index contributed by atoms with van der Waals surface area (Å²) in [5, 5.41) is 35.5. The van der Waals surface area contributed by atoms with Crippen molar-refractivity contribution in [1.82, 2.24) is 40.3 Å². The smallest absolute Gasteiger partial charge is 0.317 e. The zero-order valence-corrected chi connectivity index (χ0v) is 50.0. The molecule has 2 amide bonds. The van der Waals surface area contributed by atoms with Crippen molar-refractivity contribution >= 4 is 50.0 Å². The van der Waals surface area contributed by atoms with Crippen LogP contribution in [0.15, 0.2) is 109 Å². The number of amides is 2. The number of rotatable bonds is 22. The molecule has 470 valence electrons. The minimum atomic E-state index is -4.27. The molecule has 4 heterocycles.